The average molecular weight is 361 g/mol. The Labute approximate surface area is 131 Å². The highest BCUT2D eigenvalue weighted by atomic mass is 79.9. The summed E-state index contributed by atoms with van der Waals surface area (Å²) in [7, 11) is 3.08. The van der Waals surface area contributed by atoms with Crippen LogP contribution in [0.5, 0.6) is 0 Å². The fraction of sp³-hybridized carbons (Fsp3) is 0.429. The molecule has 1 aromatic carbocycles. The van der Waals surface area contributed by atoms with E-state index in [1.54, 1.807) is 7.11 Å². The predicted octanol–water partition coefficient (Wildman–Crippen LogP) is 1.81. The Morgan fingerprint density at radius 2 is 2.14 bits per heavy atom. The first-order chi connectivity index (χ1) is 9.95. The Hall–Kier alpha value is -1.47. The number of methoxy groups -OCH3 is 1. The Morgan fingerprint density at radius 1 is 1.43 bits per heavy atom. The lowest BCUT2D eigenvalue weighted by Crippen LogP contribution is -2.39. The molecule has 0 spiro atoms. The third kappa shape index (κ3) is 5.81. The molecule has 0 saturated carbocycles. The molecule has 1 aromatic rings. The third-order valence-electron chi connectivity index (χ3n) is 2.73. The highest BCUT2D eigenvalue weighted by molar-refractivity contribution is 9.10. The van der Waals surface area contributed by atoms with Gasteiger partial charge in [-0.2, -0.15) is 0 Å². The van der Waals surface area contributed by atoms with Crippen LogP contribution in [0.4, 0.5) is 4.39 Å². The molecule has 7 heteroatoms. The fourth-order valence-electron chi connectivity index (χ4n) is 1.65. The zero-order valence-corrected chi connectivity index (χ0v) is 13.6. The van der Waals surface area contributed by atoms with Crippen molar-refractivity contribution >= 4 is 27.7 Å². The number of likely N-dealkylation sites (N-methyl/N-ethyl adjacent to an activating group) is 1. The van der Waals surface area contributed by atoms with E-state index < -0.39 is 11.7 Å². The number of hydrogen-bond donors (Lipinski definition) is 1. The van der Waals surface area contributed by atoms with E-state index in [-0.39, 0.29) is 18.0 Å². The number of carbonyl (C=O) groups excluding carboxylic acids is 2. The van der Waals surface area contributed by atoms with Gasteiger partial charge in [-0.05, 0) is 40.5 Å². The van der Waals surface area contributed by atoms with Gasteiger partial charge in [-0.1, -0.05) is 0 Å². The number of ether oxygens (including phenoxy) is 1. The van der Waals surface area contributed by atoms with Gasteiger partial charge in [0.25, 0.3) is 5.91 Å². The SMILES string of the molecule is COCCCNC(=O)CN(C)C(=O)c1cc(F)ccc1Br. The number of carbonyl (C=O) groups is 2. The van der Waals surface area contributed by atoms with Gasteiger partial charge in [0.2, 0.25) is 5.91 Å². The van der Waals surface area contributed by atoms with Crippen LogP contribution in [0.25, 0.3) is 0 Å². The second-order valence-corrected chi connectivity index (χ2v) is 5.34. The third-order valence-corrected chi connectivity index (χ3v) is 3.43. The van der Waals surface area contributed by atoms with E-state index in [0.717, 1.165) is 6.07 Å². The smallest absolute Gasteiger partial charge is 0.255 e. The van der Waals surface area contributed by atoms with Crippen LogP contribution in [-0.4, -0.2) is 50.6 Å². The molecule has 116 valence electrons. The molecule has 0 bridgehead atoms. The summed E-state index contributed by atoms with van der Waals surface area (Å²) >= 11 is 3.20. The molecular formula is C14H18BrFN2O3. The number of amides is 2. The molecule has 5 nitrogen and oxygen atoms in total. The normalized spacial score (nSPS) is 10.3. The Kier molecular flexibility index (Phi) is 7.31. The van der Waals surface area contributed by atoms with Crippen LogP contribution in [0, 0.1) is 5.82 Å². The van der Waals surface area contributed by atoms with Crippen molar-refractivity contribution < 1.29 is 18.7 Å². The first kappa shape index (κ1) is 17.6. The molecule has 0 aliphatic carbocycles. The van der Waals surface area contributed by atoms with Crippen molar-refractivity contribution in [2.24, 2.45) is 0 Å². The maximum Gasteiger partial charge on any atom is 0.255 e. The molecule has 0 radical (unpaired) electrons. The van der Waals surface area contributed by atoms with Crippen LogP contribution < -0.4 is 5.32 Å². The van der Waals surface area contributed by atoms with E-state index in [2.05, 4.69) is 21.2 Å². The molecule has 21 heavy (non-hydrogen) atoms. The molecule has 0 unspecified atom stereocenters. The largest absolute Gasteiger partial charge is 0.385 e. The van der Waals surface area contributed by atoms with Gasteiger partial charge in [-0.15, -0.1) is 0 Å². The number of hydrogen-bond acceptors (Lipinski definition) is 3. The van der Waals surface area contributed by atoms with E-state index in [0.29, 0.717) is 24.0 Å². The van der Waals surface area contributed by atoms with Gasteiger partial charge in [-0.3, -0.25) is 9.59 Å². The fourth-order valence-corrected chi connectivity index (χ4v) is 2.07. The predicted molar refractivity (Wildman–Crippen MR) is 80.6 cm³/mol. The van der Waals surface area contributed by atoms with Crippen molar-refractivity contribution in [3.05, 3.63) is 34.1 Å². The molecule has 0 aromatic heterocycles. The van der Waals surface area contributed by atoms with E-state index in [1.165, 1.54) is 24.1 Å². The molecule has 0 aliphatic heterocycles. The maximum absolute atomic E-state index is 13.2. The molecule has 1 rings (SSSR count). The van der Waals surface area contributed by atoms with Gasteiger partial charge in [0.15, 0.2) is 0 Å². The lowest BCUT2D eigenvalue weighted by Gasteiger charge is -2.17. The number of benzene rings is 1. The van der Waals surface area contributed by atoms with Crippen LogP contribution in [0.3, 0.4) is 0 Å². The second-order valence-electron chi connectivity index (χ2n) is 4.48. The summed E-state index contributed by atoms with van der Waals surface area (Å²) in [6, 6.07) is 3.85. The zero-order valence-electron chi connectivity index (χ0n) is 12.0. The van der Waals surface area contributed by atoms with Crippen molar-refractivity contribution in [3.63, 3.8) is 0 Å². The quantitative estimate of drug-likeness (QED) is 0.754. The second kappa shape index (κ2) is 8.74. The van der Waals surface area contributed by atoms with Gasteiger partial charge < -0.3 is 15.0 Å². The minimum atomic E-state index is -0.501. The molecular weight excluding hydrogens is 343 g/mol. The maximum atomic E-state index is 13.2. The highest BCUT2D eigenvalue weighted by Crippen LogP contribution is 2.19. The summed E-state index contributed by atoms with van der Waals surface area (Å²) in [5.41, 5.74) is 0.185. The van der Waals surface area contributed by atoms with Crippen molar-refractivity contribution in [2.75, 3.05) is 33.9 Å². The number of rotatable bonds is 7. The topological polar surface area (TPSA) is 58.6 Å². The van der Waals surface area contributed by atoms with Crippen molar-refractivity contribution in [1.29, 1.82) is 0 Å². The van der Waals surface area contributed by atoms with Crippen LogP contribution in [0.15, 0.2) is 22.7 Å². The van der Waals surface area contributed by atoms with Crippen LogP contribution in [-0.2, 0) is 9.53 Å². The highest BCUT2D eigenvalue weighted by Gasteiger charge is 2.17. The Morgan fingerprint density at radius 3 is 2.81 bits per heavy atom. The summed E-state index contributed by atoms with van der Waals surface area (Å²) in [5.74, 6) is -1.19. The molecule has 2 amide bonds. The summed E-state index contributed by atoms with van der Waals surface area (Å²) in [6.45, 7) is 0.957. The molecule has 1 N–H and O–H groups in total. The lowest BCUT2D eigenvalue weighted by atomic mass is 10.2. The first-order valence-electron chi connectivity index (χ1n) is 6.42. The number of nitrogens with one attached hydrogen (secondary N) is 1. The molecule has 0 heterocycles. The van der Waals surface area contributed by atoms with Crippen molar-refractivity contribution in [1.82, 2.24) is 10.2 Å². The van der Waals surface area contributed by atoms with Crippen molar-refractivity contribution in [2.45, 2.75) is 6.42 Å². The van der Waals surface area contributed by atoms with Crippen LogP contribution >= 0.6 is 15.9 Å². The Balaban J connectivity index is 2.54. The Bertz CT molecular complexity index is 511. The van der Waals surface area contributed by atoms with Gasteiger partial charge in [0.05, 0.1) is 12.1 Å². The minimum absolute atomic E-state index is 0.0885. The van der Waals surface area contributed by atoms with Crippen molar-refractivity contribution in [3.8, 4) is 0 Å². The van der Waals surface area contributed by atoms with Gasteiger partial charge in [0.1, 0.15) is 5.82 Å². The molecule has 0 aliphatic rings. The summed E-state index contributed by atoms with van der Waals surface area (Å²) in [4.78, 5) is 25.1. The van der Waals surface area contributed by atoms with Crippen LogP contribution in [0.2, 0.25) is 0 Å². The minimum Gasteiger partial charge on any atom is -0.385 e. The molecule has 0 atom stereocenters. The lowest BCUT2D eigenvalue weighted by molar-refractivity contribution is -0.121. The van der Waals surface area contributed by atoms with Gasteiger partial charge in [0, 0.05) is 31.8 Å². The van der Waals surface area contributed by atoms with E-state index >= 15 is 0 Å². The van der Waals surface area contributed by atoms with Gasteiger partial charge in [-0.25, -0.2) is 4.39 Å². The van der Waals surface area contributed by atoms with E-state index in [9.17, 15) is 14.0 Å². The zero-order chi connectivity index (χ0) is 15.8. The van der Waals surface area contributed by atoms with Crippen LogP contribution in [0.1, 0.15) is 16.8 Å². The monoisotopic (exact) mass is 360 g/mol. The summed E-state index contributed by atoms with van der Waals surface area (Å²) in [5, 5.41) is 2.68. The number of halogens is 2. The first-order valence-corrected chi connectivity index (χ1v) is 7.21. The van der Waals surface area contributed by atoms with E-state index in [4.69, 9.17) is 4.74 Å². The van der Waals surface area contributed by atoms with Gasteiger partial charge >= 0.3 is 0 Å². The molecule has 0 fully saturated rings. The number of nitrogens with zero attached hydrogens (tertiary/aromatic N) is 1. The standard InChI is InChI=1S/C14H18BrFN2O3/c1-18(9-13(19)17-6-3-7-21-2)14(20)11-8-10(16)4-5-12(11)15/h4-5,8H,3,6-7,9H2,1-2H3,(H,17,19). The van der Waals surface area contributed by atoms with E-state index in [1.807, 2.05) is 0 Å². The summed E-state index contributed by atoms with van der Waals surface area (Å²) < 4.78 is 18.5. The summed E-state index contributed by atoms with van der Waals surface area (Å²) in [6.07, 6.45) is 0.704. The molecule has 0 saturated heterocycles. The average Bonchev–Trinajstić information content (AvgIpc) is 2.45.